The lowest BCUT2D eigenvalue weighted by molar-refractivity contribution is 0.0600. The number of benzene rings is 1. The van der Waals surface area contributed by atoms with Crippen LogP contribution in [0.4, 0.5) is 0 Å². The summed E-state index contributed by atoms with van der Waals surface area (Å²) in [5, 5.41) is 9.72. The van der Waals surface area contributed by atoms with E-state index in [4.69, 9.17) is 4.74 Å². The number of guanidine groups is 1. The highest BCUT2D eigenvalue weighted by atomic mass is 32.1. The maximum atomic E-state index is 11.5. The van der Waals surface area contributed by atoms with Gasteiger partial charge in [-0.15, -0.1) is 11.3 Å². The third kappa shape index (κ3) is 6.67. The molecule has 6 nitrogen and oxygen atoms in total. The first kappa shape index (κ1) is 20.9. The normalized spacial score (nSPS) is 11.5. The smallest absolute Gasteiger partial charge is 0.337 e. The topological polar surface area (TPSA) is 75.6 Å². The van der Waals surface area contributed by atoms with Crippen molar-refractivity contribution >= 4 is 23.3 Å². The standard InChI is InChI=1S/C20H28N4O2S/c1-5-21-20(23-12-18-24-17(13-27-18)14(2)3)22-11-10-15-6-8-16(9-7-15)19(25)26-4/h6-9,13-14H,5,10-12H2,1-4H3,(H2,21,22,23). The maximum Gasteiger partial charge on any atom is 0.337 e. The molecular weight excluding hydrogens is 360 g/mol. The first-order chi connectivity index (χ1) is 13.0. The summed E-state index contributed by atoms with van der Waals surface area (Å²) in [5.74, 6) is 0.907. The minimum Gasteiger partial charge on any atom is -0.465 e. The van der Waals surface area contributed by atoms with E-state index in [0.717, 1.165) is 41.7 Å². The van der Waals surface area contributed by atoms with Crippen molar-refractivity contribution in [3.8, 4) is 0 Å². The van der Waals surface area contributed by atoms with Crippen molar-refractivity contribution in [2.45, 2.75) is 39.7 Å². The van der Waals surface area contributed by atoms with Crippen LogP contribution in [0.3, 0.4) is 0 Å². The van der Waals surface area contributed by atoms with E-state index in [1.165, 1.54) is 7.11 Å². The van der Waals surface area contributed by atoms with Crippen molar-refractivity contribution in [2.75, 3.05) is 20.2 Å². The van der Waals surface area contributed by atoms with Crippen LogP contribution in [0.15, 0.2) is 34.6 Å². The van der Waals surface area contributed by atoms with Gasteiger partial charge in [-0.2, -0.15) is 0 Å². The molecular formula is C20H28N4O2S. The van der Waals surface area contributed by atoms with Crippen LogP contribution in [-0.2, 0) is 17.7 Å². The van der Waals surface area contributed by atoms with Gasteiger partial charge >= 0.3 is 5.97 Å². The number of carbonyl (C=O) groups excluding carboxylic acids is 1. The van der Waals surface area contributed by atoms with Crippen LogP contribution >= 0.6 is 11.3 Å². The Labute approximate surface area is 165 Å². The second-order valence-corrected chi connectivity index (χ2v) is 7.32. The van der Waals surface area contributed by atoms with E-state index in [2.05, 4.69) is 39.8 Å². The van der Waals surface area contributed by atoms with Gasteiger partial charge in [0.15, 0.2) is 5.96 Å². The molecule has 146 valence electrons. The van der Waals surface area contributed by atoms with E-state index in [-0.39, 0.29) is 5.97 Å². The Morgan fingerprint density at radius 1 is 1.26 bits per heavy atom. The molecule has 0 radical (unpaired) electrons. The molecule has 0 atom stereocenters. The Morgan fingerprint density at radius 2 is 2.00 bits per heavy atom. The Balaban J connectivity index is 1.86. The molecule has 0 fully saturated rings. The van der Waals surface area contributed by atoms with Gasteiger partial charge in [-0.25, -0.2) is 14.8 Å². The van der Waals surface area contributed by atoms with Crippen LogP contribution in [0.5, 0.6) is 0 Å². The molecule has 0 spiro atoms. The maximum absolute atomic E-state index is 11.5. The average molecular weight is 389 g/mol. The summed E-state index contributed by atoms with van der Waals surface area (Å²) < 4.78 is 4.71. The van der Waals surface area contributed by atoms with Crippen LogP contribution < -0.4 is 10.6 Å². The fraction of sp³-hybridized carbons (Fsp3) is 0.450. The number of nitrogens with one attached hydrogen (secondary N) is 2. The first-order valence-corrected chi connectivity index (χ1v) is 10.0. The number of aliphatic imine (C=N–C) groups is 1. The van der Waals surface area contributed by atoms with E-state index >= 15 is 0 Å². The number of rotatable bonds is 8. The van der Waals surface area contributed by atoms with Crippen molar-refractivity contribution < 1.29 is 9.53 Å². The number of esters is 1. The van der Waals surface area contributed by atoms with Gasteiger partial charge in [0, 0.05) is 18.5 Å². The molecule has 2 N–H and O–H groups in total. The van der Waals surface area contributed by atoms with Crippen LogP contribution in [0.25, 0.3) is 0 Å². The number of methoxy groups -OCH3 is 1. The van der Waals surface area contributed by atoms with Gasteiger partial charge in [0.25, 0.3) is 0 Å². The van der Waals surface area contributed by atoms with E-state index < -0.39 is 0 Å². The van der Waals surface area contributed by atoms with Gasteiger partial charge in [0.05, 0.1) is 24.9 Å². The molecule has 0 saturated heterocycles. The van der Waals surface area contributed by atoms with Crippen LogP contribution in [0.1, 0.15) is 53.3 Å². The lowest BCUT2D eigenvalue weighted by Gasteiger charge is -2.11. The summed E-state index contributed by atoms with van der Waals surface area (Å²) >= 11 is 1.65. The third-order valence-corrected chi connectivity index (χ3v) is 4.81. The number of thiazole rings is 1. The second-order valence-electron chi connectivity index (χ2n) is 6.38. The van der Waals surface area contributed by atoms with Crippen molar-refractivity contribution in [1.29, 1.82) is 0 Å². The molecule has 1 aromatic carbocycles. The SMILES string of the molecule is CCNC(=NCc1nc(C(C)C)cs1)NCCc1ccc(C(=O)OC)cc1. The van der Waals surface area contributed by atoms with Crippen molar-refractivity contribution in [3.63, 3.8) is 0 Å². The molecule has 1 heterocycles. The number of nitrogens with zero attached hydrogens (tertiary/aromatic N) is 2. The summed E-state index contributed by atoms with van der Waals surface area (Å²) in [6.07, 6.45) is 0.834. The minimum atomic E-state index is -0.316. The molecule has 0 unspecified atom stereocenters. The highest BCUT2D eigenvalue weighted by Crippen LogP contribution is 2.18. The number of ether oxygens (including phenoxy) is 1. The highest BCUT2D eigenvalue weighted by molar-refractivity contribution is 7.09. The van der Waals surface area contributed by atoms with Crippen LogP contribution in [-0.4, -0.2) is 37.1 Å². The molecule has 2 rings (SSSR count). The van der Waals surface area contributed by atoms with Crippen LogP contribution in [0.2, 0.25) is 0 Å². The number of aromatic nitrogens is 1. The molecule has 7 heteroatoms. The van der Waals surface area contributed by atoms with Gasteiger partial charge in [-0.3, -0.25) is 0 Å². The molecule has 0 aliphatic rings. The molecule has 0 bridgehead atoms. The summed E-state index contributed by atoms with van der Waals surface area (Å²) in [7, 11) is 1.39. The molecule has 0 aliphatic carbocycles. The summed E-state index contributed by atoms with van der Waals surface area (Å²) in [6.45, 7) is 8.45. The lowest BCUT2D eigenvalue weighted by Crippen LogP contribution is -2.38. The van der Waals surface area contributed by atoms with Gasteiger partial charge in [-0.05, 0) is 37.0 Å². The first-order valence-electron chi connectivity index (χ1n) is 9.17. The molecule has 0 amide bonds. The van der Waals surface area contributed by atoms with Gasteiger partial charge in [-0.1, -0.05) is 26.0 Å². The third-order valence-electron chi connectivity index (χ3n) is 3.96. The quantitative estimate of drug-likeness (QED) is 0.412. The predicted molar refractivity (Wildman–Crippen MR) is 111 cm³/mol. The zero-order valence-electron chi connectivity index (χ0n) is 16.4. The Hall–Kier alpha value is -2.41. The van der Waals surface area contributed by atoms with Gasteiger partial charge in [0.2, 0.25) is 0 Å². The number of hydrogen-bond donors (Lipinski definition) is 2. The largest absolute Gasteiger partial charge is 0.465 e. The monoisotopic (exact) mass is 388 g/mol. The summed E-state index contributed by atoms with van der Waals surface area (Å²) in [6, 6.07) is 7.46. The fourth-order valence-corrected chi connectivity index (χ4v) is 3.28. The molecule has 27 heavy (non-hydrogen) atoms. The van der Waals surface area contributed by atoms with E-state index in [1.807, 2.05) is 19.1 Å². The minimum absolute atomic E-state index is 0.316. The van der Waals surface area contributed by atoms with Crippen molar-refractivity contribution in [1.82, 2.24) is 15.6 Å². The van der Waals surface area contributed by atoms with Crippen molar-refractivity contribution in [2.24, 2.45) is 4.99 Å². The van der Waals surface area contributed by atoms with E-state index in [0.29, 0.717) is 18.0 Å². The van der Waals surface area contributed by atoms with Crippen molar-refractivity contribution in [3.05, 3.63) is 51.5 Å². The highest BCUT2D eigenvalue weighted by Gasteiger charge is 2.06. The Kier molecular flexibility index (Phi) is 8.26. The zero-order chi connectivity index (χ0) is 19.6. The zero-order valence-corrected chi connectivity index (χ0v) is 17.2. The van der Waals surface area contributed by atoms with Gasteiger partial charge in [0.1, 0.15) is 5.01 Å². The molecule has 0 aliphatic heterocycles. The average Bonchev–Trinajstić information content (AvgIpc) is 3.15. The Morgan fingerprint density at radius 3 is 2.59 bits per heavy atom. The summed E-state index contributed by atoms with van der Waals surface area (Å²) in [4.78, 5) is 20.7. The second kappa shape index (κ2) is 10.7. The summed E-state index contributed by atoms with van der Waals surface area (Å²) in [5.41, 5.74) is 2.83. The lowest BCUT2D eigenvalue weighted by atomic mass is 10.1. The van der Waals surface area contributed by atoms with E-state index in [9.17, 15) is 4.79 Å². The fourth-order valence-electron chi connectivity index (χ4n) is 2.40. The number of carbonyl (C=O) groups is 1. The molecule has 2 aromatic rings. The van der Waals surface area contributed by atoms with Gasteiger partial charge < -0.3 is 15.4 Å². The van der Waals surface area contributed by atoms with E-state index in [1.54, 1.807) is 23.5 Å². The van der Waals surface area contributed by atoms with Crippen LogP contribution in [0, 0.1) is 0 Å². The number of hydrogen-bond acceptors (Lipinski definition) is 5. The predicted octanol–water partition coefficient (Wildman–Crippen LogP) is 3.35. The molecule has 1 aromatic heterocycles. The molecule has 0 saturated carbocycles. The Bertz CT molecular complexity index is 754.